The number of aldehydes is 1. The summed E-state index contributed by atoms with van der Waals surface area (Å²) in [5.41, 5.74) is 10.1. The maximum Gasteiger partial charge on any atom is 0.146 e. The Labute approximate surface area is 145 Å². The Bertz CT molecular complexity index is 185. The van der Waals surface area contributed by atoms with E-state index in [-0.39, 0.29) is 5.78 Å². The van der Waals surface area contributed by atoms with Gasteiger partial charge in [-0.25, -0.2) is 0 Å². The van der Waals surface area contributed by atoms with Crippen molar-refractivity contribution in [2.45, 2.75) is 54.4 Å². The molecule has 0 heterocycles. The molecule has 0 amide bonds. The lowest BCUT2D eigenvalue weighted by Gasteiger charge is -1.90. The first-order valence-corrected chi connectivity index (χ1v) is 8.52. The second kappa shape index (κ2) is 42.9. The van der Waals surface area contributed by atoms with Crippen LogP contribution in [0, 0.1) is 5.92 Å². The number of hydrogen-bond donors (Lipinski definition) is 4. The molecule has 6 heteroatoms. The lowest BCUT2D eigenvalue weighted by atomic mass is 10.3. The number of likely N-dealkylation sites (N-methyl/N-ethyl adjacent to an activating group) is 2. The molecule has 0 radical (unpaired) electrons. The summed E-state index contributed by atoms with van der Waals surface area (Å²) in [5.74, 6) is 1.10. The molecule has 0 saturated heterocycles. The first-order valence-electron chi connectivity index (χ1n) is 8.52. The molecule has 0 bridgehead atoms. The van der Waals surface area contributed by atoms with Gasteiger partial charge in [-0.2, -0.15) is 0 Å². The van der Waals surface area contributed by atoms with Crippen LogP contribution in [-0.4, -0.2) is 52.3 Å². The normalized spacial score (nSPS) is 7.96. The van der Waals surface area contributed by atoms with E-state index in [1.165, 1.54) is 0 Å². The van der Waals surface area contributed by atoms with Gasteiger partial charge in [0, 0.05) is 6.42 Å². The van der Waals surface area contributed by atoms with Crippen molar-refractivity contribution in [1.29, 1.82) is 0 Å². The van der Waals surface area contributed by atoms with Crippen LogP contribution in [-0.2, 0) is 9.59 Å². The number of hydrogen-bond acceptors (Lipinski definition) is 6. The maximum atomic E-state index is 10.3. The van der Waals surface area contributed by atoms with Gasteiger partial charge in [0.15, 0.2) is 0 Å². The van der Waals surface area contributed by atoms with E-state index < -0.39 is 0 Å². The van der Waals surface area contributed by atoms with Gasteiger partial charge in [0.25, 0.3) is 0 Å². The molecule has 0 aliphatic heterocycles. The Morgan fingerprint density at radius 2 is 1.43 bits per heavy atom. The van der Waals surface area contributed by atoms with Crippen molar-refractivity contribution in [3.05, 3.63) is 0 Å². The third-order valence-corrected chi connectivity index (χ3v) is 1.46. The quantitative estimate of drug-likeness (QED) is 0.525. The highest BCUT2D eigenvalue weighted by Gasteiger charge is 1.90. The number of rotatable bonds is 7. The van der Waals surface area contributed by atoms with Crippen molar-refractivity contribution >= 4 is 12.1 Å². The molecular formula is C17H44N4O2. The van der Waals surface area contributed by atoms with Crippen molar-refractivity contribution in [3.63, 3.8) is 0 Å². The van der Waals surface area contributed by atoms with Crippen LogP contribution in [0.4, 0.5) is 0 Å². The molecule has 0 fully saturated rings. The van der Waals surface area contributed by atoms with Gasteiger partial charge < -0.3 is 26.9 Å². The minimum absolute atomic E-state index is 0.266. The minimum atomic E-state index is 0.266. The average molecular weight is 337 g/mol. The third kappa shape index (κ3) is 116. The fourth-order valence-electron chi connectivity index (χ4n) is 0.523. The van der Waals surface area contributed by atoms with Crippen molar-refractivity contribution < 1.29 is 9.59 Å². The summed E-state index contributed by atoms with van der Waals surface area (Å²) in [6, 6.07) is 0. The SMILES string of the molecule is CC.CC(C)C.CCC(=O)CNC.CNCC=O.NCCCN. The van der Waals surface area contributed by atoms with Crippen LogP contribution in [0.3, 0.4) is 0 Å². The Balaban J connectivity index is -0.0000000615. The Kier molecular flexibility index (Phi) is 62.9. The first kappa shape index (κ1) is 33.7. The minimum Gasteiger partial charge on any atom is -0.330 e. The molecule has 0 aliphatic carbocycles. The van der Waals surface area contributed by atoms with Crippen LogP contribution < -0.4 is 22.1 Å². The molecule has 0 spiro atoms. The van der Waals surface area contributed by atoms with E-state index in [0.717, 1.165) is 31.7 Å². The standard InChI is InChI=1S/C5H11NO.C4H10.C3H10N2.C3H7NO.C2H6/c1-3-5(7)4-6-2;1-4(2)3;4-2-1-3-5;1-4-2-3-5;1-2/h6H,3-4H2,1-2H3;4H,1-3H3;1-5H2;3-4H,2H2,1H3;1-2H3. The molecule has 23 heavy (non-hydrogen) atoms. The van der Waals surface area contributed by atoms with Crippen LogP contribution in [0.1, 0.15) is 54.4 Å². The zero-order chi connectivity index (χ0) is 19.5. The summed E-state index contributed by atoms with van der Waals surface area (Å²) >= 11 is 0. The third-order valence-electron chi connectivity index (χ3n) is 1.46. The highest BCUT2D eigenvalue weighted by molar-refractivity contribution is 5.79. The maximum absolute atomic E-state index is 10.3. The largest absolute Gasteiger partial charge is 0.330 e. The second-order valence-corrected chi connectivity index (χ2v) is 4.81. The average Bonchev–Trinajstić information content (AvgIpc) is 2.52. The number of nitrogens with two attached hydrogens (primary N) is 2. The number of Topliss-reactive ketones (excluding diaryl/α,β-unsaturated/α-hetero) is 1. The fraction of sp³-hybridized carbons (Fsp3) is 0.882. The zero-order valence-electron chi connectivity index (χ0n) is 16.9. The Morgan fingerprint density at radius 1 is 1.04 bits per heavy atom. The van der Waals surface area contributed by atoms with Crippen LogP contribution in [0.2, 0.25) is 0 Å². The van der Waals surface area contributed by atoms with Crippen molar-refractivity contribution in [2.75, 3.05) is 40.3 Å². The number of carbonyl (C=O) groups is 2. The lowest BCUT2D eigenvalue weighted by molar-refractivity contribution is -0.117. The first-order chi connectivity index (χ1) is 10.9. The van der Waals surface area contributed by atoms with E-state index in [9.17, 15) is 9.59 Å². The smallest absolute Gasteiger partial charge is 0.146 e. The van der Waals surface area contributed by atoms with E-state index in [0.29, 0.717) is 19.5 Å². The monoisotopic (exact) mass is 336 g/mol. The molecule has 0 atom stereocenters. The highest BCUT2D eigenvalue weighted by Crippen LogP contribution is 1.81. The van der Waals surface area contributed by atoms with Gasteiger partial charge in [0.05, 0.1) is 13.1 Å². The van der Waals surface area contributed by atoms with E-state index in [1.807, 2.05) is 20.8 Å². The van der Waals surface area contributed by atoms with Gasteiger partial charge in [-0.05, 0) is 39.5 Å². The molecular weight excluding hydrogens is 292 g/mol. The predicted molar refractivity (Wildman–Crippen MR) is 104 cm³/mol. The molecule has 0 aliphatic rings. The van der Waals surface area contributed by atoms with Gasteiger partial charge >= 0.3 is 0 Å². The second-order valence-electron chi connectivity index (χ2n) is 4.81. The molecule has 6 nitrogen and oxygen atoms in total. The zero-order valence-corrected chi connectivity index (χ0v) is 16.9. The van der Waals surface area contributed by atoms with E-state index in [2.05, 4.69) is 31.4 Å². The van der Waals surface area contributed by atoms with Crippen molar-refractivity contribution in [3.8, 4) is 0 Å². The Morgan fingerprint density at radius 3 is 1.48 bits per heavy atom. The summed E-state index contributed by atoms with van der Waals surface area (Å²) in [6.45, 7) is 14.8. The molecule has 0 aromatic rings. The van der Waals surface area contributed by atoms with Crippen LogP contribution >= 0.6 is 0 Å². The topological polar surface area (TPSA) is 110 Å². The van der Waals surface area contributed by atoms with Crippen LogP contribution in [0.5, 0.6) is 0 Å². The van der Waals surface area contributed by atoms with Crippen molar-refractivity contribution in [2.24, 2.45) is 17.4 Å². The number of ketones is 1. The molecule has 0 aromatic heterocycles. The molecule has 144 valence electrons. The Hall–Kier alpha value is -0.820. The number of carbonyl (C=O) groups excluding carboxylic acids is 2. The molecule has 0 rings (SSSR count). The molecule has 0 saturated carbocycles. The van der Waals surface area contributed by atoms with Gasteiger partial charge in [-0.15, -0.1) is 0 Å². The van der Waals surface area contributed by atoms with Crippen LogP contribution in [0.15, 0.2) is 0 Å². The van der Waals surface area contributed by atoms with Gasteiger partial charge in [0.2, 0.25) is 0 Å². The molecule has 0 unspecified atom stereocenters. The van der Waals surface area contributed by atoms with Gasteiger partial charge in [0.1, 0.15) is 12.1 Å². The van der Waals surface area contributed by atoms with Gasteiger partial charge in [-0.3, -0.25) is 4.79 Å². The van der Waals surface area contributed by atoms with Gasteiger partial charge in [-0.1, -0.05) is 41.5 Å². The van der Waals surface area contributed by atoms with E-state index >= 15 is 0 Å². The van der Waals surface area contributed by atoms with Crippen LogP contribution in [0.25, 0.3) is 0 Å². The fourth-order valence-corrected chi connectivity index (χ4v) is 0.523. The highest BCUT2D eigenvalue weighted by atomic mass is 16.1. The molecule has 6 N–H and O–H groups in total. The summed E-state index contributed by atoms with van der Waals surface area (Å²) in [7, 11) is 3.50. The lowest BCUT2D eigenvalue weighted by Crippen LogP contribution is -2.16. The number of nitrogens with one attached hydrogen (secondary N) is 2. The summed E-state index contributed by atoms with van der Waals surface area (Å²) in [4.78, 5) is 19.7. The predicted octanol–water partition coefficient (Wildman–Crippen LogP) is 1.57. The molecule has 0 aromatic carbocycles. The van der Waals surface area contributed by atoms with E-state index in [1.54, 1.807) is 14.1 Å². The van der Waals surface area contributed by atoms with E-state index in [4.69, 9.17) is 11.5 Å². The van der Waals surface area contributed by atoms with Crippen molar-refractivity contribution in [1.82, 2.24) is 10.6 Å². The summed E-state index contributed by atoms with van der Waals surface area (Å²) in [5, 5.41) is 5.42. The summed E-state index contributed by atoms with van der Waals surface area (Å²) in [6.07, 6.45) is 2.40. The summed E-state index contributed by atoms with van der Waals surface area (Å²) < 4.78 is 0.